The Balaban J connectivity index is 1.57. The molecular formula is C20H17BrF4N4O3S. The molecule has 0 aliphatic carbocycles. The molecule has 0 spiro atoms. The molecule has 3 heterocycles. The van der Waals surface area contributed by atoms with Crippen molar-refractivity contribution in [2.24, 2.45) is 15.5 Å². The van der Waals surface area contributed by atoms with Crippen LogP contribution in [-0.4, -0.2) is 55.9 Å². The number of amidine groups is 1. The van der Waals surface area contributed by atoms with Crippen molar-refractivity contribution in [3.63, 3.8) is 0 Å². The predicted molar refractivity (Wildman–Crippen MR) is 116 cm³/mol. The van der Waals surface area contributed by atoms with Gasteiger partial charge in [-0.25, -0.2) is 26.0 Å². The van der Waals surface area contributed by atoms with Gasteiger partial charge >= 0.3 is 0 Å². The Morgan fingerprint density at radius 2 is 1.91 bits per heavy atom. The first kappa shape index (κ1) is 23.6. The summed E-state index contributed by atoms with van der Waals surface area (Å²) in [7, 11) is -3.63. The molecule has 13 heteroatoms. The molecule has 1 aromatic carbocycles. The highest BCUT2D eigenvalue weighted by Crippen LogP contribution is 2.38. The van der Waals surface area contributed by atoms with E-state index in [1.54, 1.807) is 4.90 Å². The lowest BCUT2D eigenvalue weighted by molar-refractivity contribution is 0.0828. The van der Waals surface area contributed by atoms with E-state index in [4.69, 9.17) is 4.84 Å². The van der Waals surface area contributed by atoms with E-state index < -0.39 is 51.2 Å². The molecule has 1 fully saturated rings. The first-order valence-electron chi connectivity index (χ1n) is 9.69. The number of halogens is 5. The van der Waals surface area contributed by atoms with Gasteiger partial charge in [0.25, 0.3) is 0 Å². The van der Waals surface area contributed by atoms with Crippen LogP contribution in [0.1, 0.15) is 18.2 Å². The number of nitrogens with zero attached hydrogens (tertiary/aromatic N) is 4. The number of aromatic nitrogens is 1. The van der Waals surface area contributed by atoms with Crippen LogP contribution in [0, 0.1) is 23.4 Å². The molecule has 3 atom stereocenters. The van der Waals surface area contributed by atoms with Crippen LogP contribution in [0.2, 0.25) is 0 Å². The van der Waals surface area contributed by atoms with Crippen molar-refractivity contribution in [2.75, 3.05) is 19.3 Å². The zero-order valence-corrected chi connectivity index (χ0v) is 19.5. The Labute approximate surface area is 195 Å². The van der Waals surface area contributed by atoms with E-state index in [9.17, 15) is 26.0 Å². The van der Waals surface area contributed by atoms with Gasteiger partial charge in [0.2, 0.25) is 10.0 Å². The van der Waals surface area contributed by atoms with E-state index in [0.717, 1.165) is 12.5 Å². The molecule has 176 valence electrons. The molecule has 0 radical (unpaired) electrons. The first-order chi connectivity index (χ1) is 15.5. The van der Waals surface area contributed by atoms with E-state index in [2.05, 4.69) is 30.5 Å². The summed E-state index contributed by atoms with van der Waals surface area (Å²) in [5.41, 5.74) is -0.226. The van der Waals surface area contributed by atoms with Crippen molar-refractivity contribution in [1.82, 2.24) is 9.88 Å². The molecule has 1 aromatic heterocycles. The lowest BCUT2D eigenvalue weighted by Crippen LogP contribution is -2.28. The smallest absolute Gasteiger partial charge is 0.249 e. The maximum atomic E-state index is 14.5. The molecule has 0 N–H and O–H groups in total. The average molecular weight is 549 g/mol. The number of hydrogen-bond donors (Lipinski definition) is 0. The quantitative estimate of drug-likeness (QED) is 0.426. The first-order valence-corrected chi connectivity index (χ1v) is 12.3. The second-order valence-corrected chi connectivity index (χ2v) is 10.3. The lowest BCUT2D eigenvalue weighted by Gasteiger charge is -2.17. The minimum Gasteiger partial charge on any atom is -0.384 e. The van der Waals surface area contributed by atoms with Crippen LogP contribution in [0.4, 0.5) is 17.6 Å². The molecule has 2 aliphatic rings. The van der Waals surface area contributed by atoms with Crippen LogP contribution in [0.25, 0.3) is 11.1 Å². The fourth-order valence-corrected chi connectivity index (χ4v) is 4.44. The summed E-state index contributed by atoms with van der Waals surface area (Å²) in [5, 5.41) is 3.98. The zero-order chi connectivity index (χ0) is 23.9. The molecule has 2 aromatic rings. The molecule has 0 bridgehead atoms. The molecule has 7 nitrogen and oxygen atoms in total. The standard InChI is InChI=1S/C20H17BrF4N4O3S/c1-33(30,31)27-6-10-8-29(9-16(10)25)18-5-17(32-28-18)20-13(2-11(21)7-26-20)19-14(23)3-12(22)4-15(19)24/h2-4,6-7,10,16-17H,5,8-9H2,1H3/b27-6+/t10?,16-,17?/m0/s1. The number of hydrogen-bond acceptors (Lipinski definition) is 6. The van der Waals surface area contributed by atoms with Crippen LogP contribution in [0.3, 0.4) is 0 Å². The second-order valence-electron chi connectivity index (χ2n) is 7.71. The summed E-state index contributed by atoms with van der Waals surface area (Å²) in [6.45, 7) is 0.0914. The Kier molecular flexibility index (Phi) is 6.45. The monoisotopic (exact) mass is 548 g/mol. The van der Waals surface area contributed by atoms with Crippen LogP contribution in [0.15, 0.2) is 38.4 Å². The van der Waals surface area contributed by atoms with Gasteiger partial charge < -0.3 is 9.74 Å². The fourth-order valence-electron chi connectivity index (χ4n) is 3.73. The summed E-state index contributed by atoms with van der Waals surface area (Å²) in [6.07, 6.45) is 1.36. The largest absolute Gasteiger partial charge is 0.384 e. The van der Waals surface area contributed by atoms with Crippen molar-refractivity contribution in [2.45, 2.75) is 18.7 Å². The highest BCUT2D eigenvalue weighted by molar-refractivity contribution is 9.10. The van der Waals surface area contributed by atoms with Gasteiger partial charge in [-0.05, 0) is 22.0 Å². The van der Waals surface area contributed by atoms with Crippen molar-refractivity contribution in [3.8, 4) is 11.1 Å². The van der Waals surface area contributed by atoms with Gasteiger partial charge in [-0.1, -0.05) is 5.16 Å². The normalized spacial score (nSPS) is 23.3. The van der Waals surface area contributed by atoms with Gasteiger partial charge in [0.1, 0.15) is 29.5 Å². The lowest BCUT2D eigenvalue weighted by atomic mass is 9.98. The summed E-state index contributed by atoms with van der Waals surface area (Å²) >= 11 is 3.22. The summed E-state index contributed by atoms with van der Waals surface area (Å²) in [4.78, 5) is 11.3. The molecular weight excluding hydrogens is 532 g/mol. The third-order valence-corrected chi connectivity index (χ3v) is 6.16. The Bertz CT molecular complexity index is 1230. The molecule has 0 amide bonds. The van der Waals surface area contributed by atoms with Gasteiger partial charge in [-0.3, -0.25) is 4.98 Å². The van der Waals surface area contributed by atoms with Gasteiger partial charge in [-0.2, -0.15) is 4.40 Å². The number of likely N-dealkylation sites (tertiary alicyclic amines) is 1. The minimum atomic E-state index is -3.63. The van der Waals surface area contributed by atoms with Crippen LogP contribution >= 0.6 is 15.9 Å². The summed E-state index contributed by atoms with van der Waals surface area (Å²) < 4.78 is 82.9. The molecule has 0 saturated carbocycles. The van der Waals surface area contributed by atoms with Crippen molar-refractivity contribution in [3.05, 3.63) is 52.0 Å². The topological polar surface area (TPSA) is 84.2 Å². The van der Waals surface area contributed by atoms with Crippen molar-refractivity contribution < 1.29 is 30.8 Å². The van der Waals surface area contributed by atoms with Crippen molar-refractivity contribution in [1.29, 1.82) is 0 Å². The highest BCUT2D eigenvalue weighted by Gasteiger charge is 2.38. The number of alkyl halides is 1. The van der Waals surface area contributed by atoms with Crippen LogP contribution in [-0.2, 0) is 14.9 Å². The van der Waals surface area contributed by atoms with E-state index in [1.165, 1.54) is 12.3 Å². The third-order valence-electron chi connectivity index (χ3n) is 5.22. The van der Waals surface area contributed by atoms with Gasteiger partial charge in [0.15, 0.2) is 6.10 Å². The van der Waals surface area contributed by atoms with Gasteiger partial charge in [0, 0.05) is 47.0 Å². The van der Waals surface area contributed by atoms with Crippen LogP contribution in [0.5, 0.6) is 0 Å². The second kappa shape index (κ2) is 9.01. The highest BCUT2D eigenvalue weighted by atomic mass is 79.9. The van der Waals surface area contributed by atoms with E-state index >= 15 is 0 Å². The molecule has 33 heavy (non-hydrogen) atoms. The van der Waals surface area contributed by atoms with E-state index in [1.807, 2.05) is 0 Å². The number of oxime groups is 1. The average Bonchev–Trinajstić information content (AvgIpc) is 3.32. The number of sulfonamides is 1. The van der Waals surface area contributed by atoms with E-state index in [-0.39, 0.29) is 30.8 Å². The van der Waals surface area contributed by atoms with Crippen LogP contribution < -0.4 is 0 Å². The maximum Gasteiger partial charge on any atom is 0.249 e. The number of benzene rings is 1. The molecule has 2 unspecified atom stereocenters. The molecule has 1 saturated heterocycles. The number of pyridine rings is 1. The predicted octanol–water partition coefficient (Wildman–Crippen LogP) is 4.00. The summed E-state index contributed by atoms with van der Waals surface area (Å²) in [6, 6.07) is 2.59. The fraction of sp³-hybridized carbons (Fsp3) is 0.350. The summed E-state index contributed by atoms with van der Waals surface area (Å²) in [5.74, 6) is -3.61. The van der Waals surface area contributed by atoms with Gasteiger partial charge in [0.05, 0.1) is 30.5 Å². The Morgan fingerprint density at radius 1 is 1.21 bits per heavy atom. The van der Waals surface area contributed by atoms with Gasteiger partial charge in [-0.15, -0.1) is 0 Å². The van der Waals surface area contributed by atoms with E-state index in [0.29, 0.717) is 22.4 Å². The number of rotatable bonds is 4. The Morgan fingerprint density at radius 3 is 2.58 bits per heavy atom. The Hall–Kier alpha value is -2.54. The molecule has 2 aliphatic heterocycles. The van der Waals surface area contributed by atoms with Crippen molar-refractivity contribution >= 4 is 38.0 Å². The third kappa shape index (κ3) is 5.18. The maximum absolute atomic E-state index is 14.5. The molecule has 4 rings (SSSR count). The SMILES string of the molecule is CS(=O)(=O)/N=C/C1CN(C2=NOC(c3ncc(Br)cc3-c3c(F)cc(F)cc3F)C2)C[C@@H]1F. The minimum absolute atomic E-state index is 0.0444. The zero-order valence-electron chi connectivity index (χ0n) is 17.1.